The lowest BCUT2D eigenvalue weighted by molar-refractivity contribution is 0.0684. The van der Waals surface area contributed by atoms with Crippen LogP contribution in [0.5, 0.6) is 11.5 Å². The molecule has 0 saturated carbocycles. The van der Waals surface area contributed by atoms with Crippen molar-refractivity contribution < 1.29 is 19.4 Å². The second-order valence-electron chi connectivity index (χ2n) is 13.2. The van der Waals surface area contributed by atoms with Crippen LogP contribution in [-0.2, 0) is 26.1 Å². The molecule has 10 nitrogen and oxygen atoms in total. The molecule has 8 rings (SSSR count). The Morgan fingerprint density at radius 1 is 0.885 bits per heavy atom. The minimum absolute atomic E-state index is 0.106. The first-order valence-electron chi connectivity index (χ1n) is 17.6. The summed E-state index contributed by atoms with van der Waals surface area (Å²) in [6, 6.07) is 32.7. The van der Waals surface area contributed by atoms with Crippen molar-refractivity contribution in [3.8, 4) is 28.3 Å². The molecule has 1 aliphatic rings. The molecule has 0 unspecified atom stereocenters. The van der Waals surface area contributed by atoms with Crippen molar-refractivity contribution in [1.29, 1.82) is 0 Å². The van der Waals surface area contributed by atoms with Gasteiger partial charge in [0.1, 0.15) is 29.5 Å². The maximum atomic E-state index is 13.1. The summed E-state index contributed by atoms with van der Waals surface area (Å²) in [7, 11) is 2.07. The standard InChI is InChI=1S/C42H39N5O5/c1-45-22-9-24-47-40-32(33(41(47)42(49)50)15-8-25-51-37-16-6-11-28-10-2-3-12-31(28)37)13-7-14-34(40)39-35(26-45)43-44-36(39)27-52-30-20-18-29(19-21-30)46-23-5-4-17-38(46)48/h2-7,10-14,16-21,23H,8-9,15,22,24-27H2,1H3,(H,43,44)(H,49,50). The van der Waals surface area contributed by atoms with E-state index < -0.39 is 5.97 Å². The van der Waals surface area contributed by atoms with Gasteiger partial charge in [0.25, 0.3) is 5.56 Å². The van der Waals surface area contributed by atoms with Crippen molar-refractivity contribution in [2.45, 2.75) is 39.0 Å². The van der Waals surface area contributed by atoms with Crippen LogP contribution >= 0.6 is 0 Å². The second-order valence-corrected chi connectivity index (χ2v) is 13.2. The van der Waals surface area contributed by atoms with Crippen LogP contribution < -0.4 is 15.0 Å². The van der Waals surface area contributed by atoms with Crippen molar-refractivity contribution in [1.82, 2.24) is 24.2 Å². The lowest BCUT2D eigenvalue weighted by Gasteiger charge is -2.21. The Morgan fingerprint density at radius 2 is 1.67 bits per heavy atom. The normalized spacial score (nSPS) is 13.2. The van der Waals surface area contributed by atoms with Crippen LogP contribution in [0.1, 0.15) is 40.3 Å². The lowest BCUT2D eigenvalue weighted by atomic mass is 9.97. The summed E-state index contributed by atoms with van der Waals surface area (Å²) in [5, 5.41) is 21.8. The fourth-order valence-corrected chi connectivity index (χ4v) is 7.46. The first-order chi connectivity index (χ1) is 25.5. The van der Waals surface area contributed by atoms with Gasteiger partial charge in [-0.15, -0.1) is 0 Å². The van der Waals surface area contributed by atoms with Gasteiger partial charge < -0.3 is 24.0 Å². The fourth-order valence-electron chi connectivity index (χ4n) is 7.46. The van der Waals surface area contributed by atoms with E-state index in [-0.39, 0.29) is 12.2 Å². The molecule has 10 heteroatoms. The van der Waals surface area contributed by atoms with E-state index in [1.165, 1.54) is 6.07 Å². The average molecular weight is 694 g/mol. The monoisotopic (exact) mass is 693 g/mol. The molecule has 7 aromatic rings. The van der Waals surface area contributed by atoms with E-state index in [1.807, 2.05) is 71.3 Å². The third kappa shape index (κ3) is 6.33. The Morgan fingerprint density at radius 3 is 2.52 bits per heavy atom. The van der Waals surface area contributed by atoms with Gasteiger partial charge >= 0.3 is 5.97 Å². The molecule has 1 aliphatic heterocycles. The molecular formula is C42H39N5O5. The predicted octanol–water partition coefficient (Wildman–Crippen LogP) is 7.46. The summed E-state index contributed by atoms with van der Waals surface area (Å²) >= 11 is 0. The first kappa shape index (κ1) is 33.0. The minimum atomic E-state index is -0.935. The molecule has 0 radical (unpaired) electrons. The van der Waals surface area contributed by atoms with E-state index in [4.69, 9.17) is 14.6 Å². The number of aromatic carboxylic acids is 1. The highest BCUT2D eigenvalue weighted by Gasteiger charge is 2.28. The summed E-state index contributed by atoms with van der Waals surface area (Å²) < 4.78 is 16.1. The Labute approximate surface area is 300 Å². The number of carboxylic acid groups (broad SMARTS) is 1. The summed E-state index contributed by atoms with van der Waals surface area (Å²) in [5.74, 6) is 0.535. The molecule has 4 aromatic carbocycles. The second kappa shape index (κ2) is 14.2. The molecule has 0 atom stereocenters. The van der Waals surface area contributed by atoms with E-state index >= 15 is 0 Å². The number of carboxylic acids is 1. The first-order valence-corrected chi connectivity index (χ1v) is 17.6. The van der Waals surface area contributed by atoms with E-state index in [0.717, 1.165) is 74.2 Å². The fraction of sp³-hybridized carbons (Fsp3) is 0.214. The van der Waals surface area contributed by atoms with E-state index in [9.17, 15) is 14.7 Å². The number of carbonyl (C=O) groups is 1. The topological polar surface area (TPSA) is 115 Å². The van der Waals surface area contributed by atoms with Crippen molar-refractivity contribution in [3.63, 3.8) is 0 Å². The van der Waals surface area contributed by atoms with E-state index in [2.05, 4.69) is 41.3 Å². The molecule has 0 fully saturated rings. The Balaban J connectivity index is 1.12. The molecule has 0 amide bonds. The number of ether oxygens (including phenoxy) is 2. The van der Waals surface area contributed by atoms with Gasteiger partial charge in [-0.3, -0.25) is 14.5 Å². The van der Waals surface area contributed by atoms with Crippen LogP contribution in [0.25, 0.3) is 38.5 Å². The van der Waals surface area contributed by atoms with Crippen LogP contribution in [0.2, 0.25) is 0 Å². The number of aromatic amines is 1. The quantitative estimate of drug-likeness (QED) is 0.143. The highest BCUT2D eigenvalue weighted by Crippen LogP contribution is 2.39. The number of aryl methyl sites for hydroxylation is 2. The molecule has 262 valence electrons. The van der Waals surface area contributed by atoms with Gasteiger partial charge in [0.2, 0.25) is 0 Å². The Bertz CT molecular complexity index is 2450. The van der Waals surface area contributed by atoms with Gasteiger partial charge in [-0.05, 0) is 80.2 Å². The largest absolute Gasteiger partial charge is 0.493 e. The predicted molar refractivity (Wildman–Crippen MR) is 202 cm³/mol. The van der Waals surface area contributed by atoms with E-state index in [0.29, 0.717) is 44.0 Å². The SMILES string of the molecule is CN1CCCn2c(C(=O)O)c(CCCOc3cccc4ccccc34)c3cccc(c32)-c2c(COc3ccc(-n4ccccc4=O)cc3)n[nH]c2C1. The number of H-pyrrole nitrogens is 1. The number of para-hydroxylation sites is 1. The number of hydrogen-bond acceptors (Lipinski definition) is 6. The number of hydrogen-bond donors (Lipinski definition) is 2. The molecule has 3 aromatic heterocycles. The van der Waals surface area contributed by atoms with Crippen LogP contribution in [0, 0.1) is 0 Å². The Kier molecular flexibility index (Phi) is 9.05. The smallest absolute Gasteiger partial charge is 0.352 e. The van der Waals surface area contributed by atoms with E-state index in [1.54, 1.807) is 16.8 Å². The molecule has 2 N–H and O–H groups in total. The molecule has 0 aliphatic carbocycles. The van der Waals surface area contributed by atoms with Gasteiger partial charge in [-0.25, -0.2) is 4.79 Å². The summed E-state index contributed by atoms with van der Waals surface area (Å²) in [6.07, 6.45) is 3.74. The number of aromatic nitrogens is 4. The lowest BCUT2D eigenvalue weighted by Crippen LogP contribution is -2.22. The molecule has 0 saturated heterocycles. The van der Waals surface area contributed by atoms with Crippen LogP contribution in [0.4, 0.5) is 0 Å². The Hall–Kier alpha value is -6.13. The number of benzene rings is 4. The maximum Gasteiger partial charge on any atom is 0.352 e. The van der Waals surface area contributed by atoms with Gasteiger partial charge in [0.05, 0.1) is 17.8 Å². The van der Waals surface area contributed by atoms with Crippen molar-refractivity contribution in [2.75, 3.05) is 20.2 Å². The number of pyridine rings is 1. The average Bonchev–Trinajstić information content (AvgIpc) is 3.71. The van der Waals surface area contributed by atoms with Crippen molar-refractivity contribution in [3.05, 3.63) is 142 Å². The van der Waals surface area contributed by atoms with Gasteiger partial charge in [0, 0.05) is 52.9 Å². The zero-order valence-electron chi connectivity index (χ0n) is 28.9. The molecule has 0 bridgehead atoms. The number of nitrogens with one attached hydrogen (secondary N) is 1. The minimum Gasteiger partial charge on any atom is -0.493 e. The molecular weight excluding hydrogens is 654 g/mol. The summed E-state index contributed by atoms with van der Waals surface area (Å²) in [5.41, 5.74) is 6.22. The number of rotatable bonds is 10. The third-order valence-electron chi connectivity index (χ3n) is 9.82. The zero-order valence-corrected chi connectivity index (χ0v) is 28.9. The zero-order chi connectivity index (χ0) is 35.6. The molecule has 52 heavy (non-hydrogen) atoms. The van der Waals surface area contributed by atoms with Crippen LogP contribution in [-0.4, -0.2) is 55.5 Å². The maximum absolute atomic E-state index is 13.1. The molecule has 4 heterocycles. The van der Waals surface area contributed by atoms with Crippen molar-refractivity contribution in [2.24, 2.45) is 0 Å². The molecule has 0 spiro atoms. The highest BCUT2D eigenvalue weighted by molar-refractivity contribution is 6.04. The summed E-state index contributed by atoms with van der Waals surface area (Å²) in [6.45, 7) is 2.67. The van der Waals surface area contributed by atoms with Gasteiger partial charge in [-0.2, -0.15) is 5.10 Å². The number of nitrogens with zero attached hydrogens (tertiary/aromatic N) is 4. The third-order valence-corrected chi connectivity index (χ3v) is 9.82. The highest BCUT2D eigenvalue weighted by atomic mass is 16.5. The summed E-state index contributed by atoms with van der Waals surface area (Å²) in [4.78, 5) is 27.6. The van der Waals surface area contributed by atoms with Gasteiger partial charge in [-0.1, -0.05) is 60.7 Å². The van der Waals surface area contributed by atoms with Crippen molar-refractivity contribution >= 4 is 27.6 Å². The van der Waals surface area contributed by atoms with Gasteiger partial charge in [0.15, 0.2) is 0 Å². The number of fused-ring (bicyclic) bond motifs is 3. The van der Waals surface area contributed by atoms with Crippen LogP contribution in [0.15, 0.2) is 114 Å². The van der Waals surface area contributed by atoms with Crippen LogP contribution in [0.3, 0.4) is 0 Å².